The summed E-state index contributed by atoms with van der Waals surface area (Å²) >= 11 is 0. The van der Waals surface area contributed by atoms with Crippen LogP contribution in [-0.2, 0) is 6.42 Å². The molecule has 86 valence electrons. The standard InChI is InChI=1S/C13H18N2O/c16-12-7-11(13(3-4-13)15-9-12)6-10-2-1-5-14-8-10/h1-2,5,8,11-12,15-16H,3-4,6-7,9H2. The van der Waals surface area contributed by atoms with Gasteiger partial charge in [0, 0.05) is 24.5 Å². The van der Waals surface area contributed by atoms with E-state index in [9.17, 15) is 5.11 Å². The van der Waals surface area contributed by atoms with E-state index < -0.39 is 0 Å². The molecule has 1 saturated carbocycles. The maximum absolute atomic E-state index is 9.74. The van der Waals surface area contributed by atoms with Gasteiger partial charge in [-0.3, -0.25) is 4.98 Å². The number of aliphatic hydroxyl groups excluding tert-OH is 1. The highest BCUT2D eigenvalue weighted by Gasteiger charge is 2.51. The summed E-state index contributed by atoms with van der Waals surface area (Å²) in [5.74, 6) is 0.570. The number of rotatable bonds is 2. The van der Waals surface area contributed by atoms with Gasteiger partial charge in [0.2, 0.25) is 0 Å². The summed E-state index contributed by atoms with van der Waals surface area (Å²) in [5.41, 5.74) is 1.63. The molecule has 1 aromatic heterocycles. The van der Waals surface area contributed by atoms with Gasteiger partial charge in [0.05, 0.1) is 6.10 Å². The van der Waals surface area contributed by atoms with Crippen LogP contribution in [0.3, 0.4) is 0 Å². The van der Waals surface area contributed by atoms with Crippen molar-refractivity contribution in [1.82, 2.24) is 10.3 Å². The first kappa shape index (κ1) is 10.2. The molecular formula is C13H18N2O. The largest absolute Gasteiger partial charge is 0.392 e. The summed E-state index contributed by atoms with van der Waals surface area (Å²) in [4.78, 5) is 4.15. The highest BCUT2D eigenvalue weighted by Crippen LogP contribution is 2.47. The van der Waals surface area contributed by atoms with Crippen molar-refractivity contribution < 1.29 is 5.11 Å². The van der Waals surface area contributed by atoms with Crippen LogP contribution in [0.1, 0.15) is 24.8 Å². The lowest BCUT2D eigenvalue weighted by Gasteiger charge is -2.35. The number of hydrogen-bond acceptors (Lipinski definition) is 3. The first-order valence-electron chi connectivity index (χ1n) is 6.10. The number of aromatic nitrogens is 1. The van der Waals surface area contributed by atoms with Crippen molar-refractivity contribution in [3.05, 3.63) is 30.1 Å². The lowest BCUT2D eigenvalue weighted by molar-refractivity contribution is 0.0825. The fraction of sp³-hybridized carbons (Fsp3) is 0.615. The SMILES string of the molecule is OC1CNC2(CC2)C(Cc2cccnc2)C1. The molecule has 2 fully saturated rings. The molecule has 3 nitrogen and oxygen atoms in total. The third-order valence-corrected chi connectivity index (χ3v) is 4.02. The Kier molecular flexibility index (Phi) is 2.45. The molecule has 0 amide bonds. The van der Waals surface area contributed by atoms with Crippen LogP contribution in [0.25, 0.3) is 0 Å². The Morgan fingerprint density at radius 2 is 2.38 bits per heavy atom. The summed E-state index contributed by atoms with van der Waals surface area (Å²) in [5, 5.41) is 13.3. The van der Waals surface area contributed by atoms with Gasteiger partial charge in [-0.1, -0.05) is 6.07 Å². The fourth-order valence-corrected chi connectivity index (χ4v) is 2.90. The highest BCUT2D eigenvalue weighted by molar-refractivity contribution is 5.16. The molecule has 2 aliphatic rings. The molecule has 1 aliphatic carbocycles. The summed E-state index contributed by atoms with van der Waals surface area (Å²) in [7, 11) is 0. The van der Waals surface area contributed by atoms with Gasteiger partial charge in [0.1, 0.15) is 0 Å². The molecule has 1 spiro atoms. The molecule has 0 aromatic carbocycles. The van der Waals surface area contributed by atoms with Crippen LogP contribution < -0.4 is 5.32 Å². The minimum Gasteiger partial charge on any atom is -0.392 e. The van der Waals surface area contributed by atoms with E-state index >= 15 is 0 Å². The van der Waals surface area contributed by atoms with E-state index in [0.29, 0.717) is 11.5 Å². The molecule has 2 N–H and O–H groups in total. The number of hydrogen-bond donors (Lipinski definition) is 2. The molecule has 2 atom stereocenters. The van der Waals surface area contributed by atoms with Gasteiger partial charge < -0.3 is 10.4 Å². The average molecular weight is 218 g/mol. The predicted octanol–water partition coefficient (Wildman–Crippen LogP) is 1.13. The number of pyridine rings is 1. The van der Waals surface area contributed by atoms with Crippen molar-refractivity contribution >= 4 is 0 Å². The van der Waals surface area contributed by atoms with E-state index in [0.717, 1.165) is 19.4 Å². The van der Waals surface area contributed by atoms with Gasteiger partial charge >= 0.3 is 0 Å². The van der Waals surface area contributed by atoms with Gasteiger partial charge in [0.25, 0.3) is 0 Å². The number of piperidine rings is 1. The summed E-state index contributed by atoms with van der Waals surface area (Å²) in [6.45, 7) is 0.767. The number of aliphatic hydroxyl groups is 1. The van der Waals surface area contributed by atoms with Gasteiger partial charge in [-0.05, 0) is 43.2 Å². The van der Waals surface area contributed by atoms with Gasteiger partial charge in [-0.15, -0.1) is 0 Å². The van der Waals surface area contributed by atoms with Crippen molar-refractivity contribution in [2.75, 3.05) is 6.54 Å². The van der Waals surface area contributed by atoms with E-state index in [4.69, 9.17) is 0 Å². The Morgan fingerprint density at radius 1 is 1.50 bits per heavy atom. The van der Waals surface area contributed by atoms with Crippen molar-refractivity contribution in [3.8, 4) is 0 Å². The third kappa shape index (κ3) is 1.85. The number of nitrogens with zero attached hydrogens (tertiary/aromatic N) is 1. The molecule has 1 saturated heterocycles. The minimum atomic E-state index is -0.173. The van der Waals surface area contributed by atoms with Crippen LogP contribution in [0.15, 0.2) is 24.5 Å². The summed E-state index contributed by atoms with van der Waals surface area (Å²) in [6.07, 6.45) is 8.09. The third-order valence-electron chi connectivity index (χ3n) is 4.02. The molecule has 2 heterocycles. The normalized spacial score (nSPS) is 31.6. The monoisotopic (exact) mass is 218 g/mol. The highest BCUT2D eigenvalue weighted by atomic mass is 16.3. The van der Waals surface area contributed by atoms with Crippen LogP contribution in [0, 0.1) is 5.92 Å². The maximum Gasteiger partial charge on any atom is 0.0668 e. The second-order valence-electron chi connectivity index (χ2n) is 5.19. The second-order valence-corrected chi connectivity index (χ2v) is 5.19. The van der Waals surface area contributed by atoms with Crippen LogP contribution in [0.2, 0.25) is 0 Å². The average Bonchev–Trinajstić information content (AvgIpc) is 3.07. The molecule has 16 heavy (non-hydrogen) atoms. The maximum atomic E-state index is 9.74. The van der Waals surface area contributed by atoms with E-state index in [-0.39, 0.29) is 6.10 Å². The number of β-amino-alcohol motifs (C(OH)–C–C–N with tert-alkyl or cyclic N) is 1. The van der Waals surface area contributed by atoms with E-state index in [1.165, 1.54) is 18.4 Å². The first-order valence-corrected chi connectivity index (χ1v) is 6.10. The smallest absolute Gasteiger partial charge is 0.0668 e. The van der Waals surface area contributed by atoms with Gasteiger partial charge in [-0.2, -0.15) is 0 Å². The van der Waals surface area contributed by atoms with Crippen LogP contribution in [0.4, 0.5) is 0 Å². The quantitative estimate of drug-likeness (QED) is 0.782. The van der Waals surface area contributed by atoms with E-state index in [1.807, 2.05) is 18.5 Å². The lowest BCUT2D eigenvalue weighted by Crippen LogP contribution is -2.50. The minimum absolute atomic E-state index is 0.173. The number of nitrogens with one attached hydrogen (secondary N) is 1. The second kappa shape index (κ2) is 3.82. The first-order chi connectivity index (χ1) is 7.78. The summed E-state index contributed by atoms with van der Waals surface area (Å²) < 4.78 is 0. The zero-order valence-electron chi connectivity index (χ0n) is 9.39. The van der Waals surface area contributed by atoms with Crippen LogP contribution in [0.5, 0.6) is 0 Å². The van der Waals surface area contributed by atoms with Crippen molar-refractivity contribution in [3.63, 3.8) is 0 Å². The van der Waals surface area contributed by atoms with Gasteiger partial charge in [-0.25, -0.2) is 0 Å². The molecule has 1 aromatic rings. The van der Waals surface area contributed by atoms with Crippen molar-refractivity contribution in [2.45, 2.75) is 37.3 Å². The summed E-state index contributed by atoms with van der Waals surface area (Å²) in [6, 6.07) is 4.12. The zero-order chi connectivity index (χ0) is 11.0. The Bertz CT molecular complexity index is 361. The van der Waals surface area contributed by atoms with Crippen LogP contribution >= 0.6 is 0 Å². The molecule has 0 bridgehead atoms. The molecule has 3 heteroatoms. The van der Waals surface area contributed by atoms with Crippen LogP contribution in [-0.4, -0.2) is 28.3 Å². The fourth-order valence-electron chi connectivity index (χ4n) is 2.90. The zero-order valence-corrected chi connectivity index (χ0v) is 9.39. The molecule has 0 radical (unpaired) electrons. The topological polar surface area (TPSA) is 45.1 Å². The Morgan fingerprint density at radius 3 is 3.06 bits per heavy atom. The van der Waals surface area contributed by atoms with Crippen molar-refractivity contribution in [1.29, 1.82) is 0 Å². The van der Waals surface area contributed by atoms with Gasteiger partial charge in [0.15, 0.2) is 0 Å². The molecule has 2 unspecified atom stereocenters. The Labute approximate surface area is 95.9 Å². The Hall–Kier alpha value is -0.930. The molecule has 3 rings (SSSR count). The van der Waals surface area contributed by atoms with E-state index in [1.54, 1.807) is 0 Å². The van der Waals surface area contributed by atoms with E-state index in [2.05, 4.69) is 16.4 Å². The predicted molar refractivity (Wildman–Crippen MR) is 62.0 cm³/mol. The lowest BCUT2D eigenvalue weighted by atomic mass is 9.83. The van der Waals surface area contributed by atoms with Crippen molar-refractivity contribution in [2.24, 2.45) is 5.92 Å². The molecular weight excluding hydrogens is 200 g/mol. The molecule has 1 aliphatic heterocycles. The Balaban J connectivity index is 1.73.